The molecule has 0 aliphatic carbocycles. The molecule has 134 valence electrons. The summed E-state index contributed by atoms with van der Waals surface area (Å²) < 4.78 is 37.3. The normalized spacial score (nSPS) is 17.4. The molecule has 6 heteroatoms. The van der Waals surface area contributed by atoms with Gasteiger partial charge in [-0.2, -0.15) is 0 Å². The Labute approximate surface area is 157 Å². The molecule has 1 aliphatic heterocycles. The average Bonchev–Trinajstić information content (AvgIpc) is 3.37. The first-order valence-electron chi connectivity index (χ1n) is 8.07. The Morgan fingerprint density at radius 3 is 2.28 bits per heavy atom. The Bertz CT molecular complexity index is 863. The van der Waals surface area contributed by atoms with Crippen LogP contribution in [0.25, 0.3) is 0 Å². The fraction of sp³-hybridized carbons (Fsp3) is 0.368. The fourth-order valence-electron chi connectivity index (χ4n) is 2.38. The third-order valence-electron chi connectivity index (χ3n) is 4.07. The SMILES string of the molecule is CC(C)(C)c1ccc(S(=O)(=O)c2ccc(Br)c(OCC3CO3)c2)cc1. The van der Waals surface area contributed by atoms with Crippen LogP contribution in [0, 0.1) is 0 Å². The molecule has 0 spiro atoms. The minimum Gasteiger partial charge on any atom is -0.490 e. The van der Waals surface area contributed by atoms with Crippen molar-refractivity contribution in [3.8, 4) is 5.75 Å². The number of ether oxygens (including phenoxy) is 2. The molecule has 1 heterocycles. The van der Waals surface area contributed by atoms with E-state index in [2.05, 4.69) is 36.7 Å². The first-order valence-corrected chi connectivity index (χ1v) is 10.3. The van der Waals surface area contributed by atoms with Crippen molar-refractivity contribution in [2.24, 2.45) is 0 Å². The third kappa shape index (κ3) is 4.25. The van der Waals surface area contributed by atoms with E-state index < -0.39 is 9.84 Å². The summed E-state index contributed by atoms with van der Waals surface area (Å²) in [6, 6.07) is 11.9. The number of halogens is 1. The Kier molecular flexibility index (Phi) is 4.97. The summed E-state index contributed by atoms with van der Waals surface area (Å²) in [6.07, 6.45) is 0.108. The van der Waals surface area contributed by atoms with Gasteiger partial charge >= 0.3 is 0 Å². The fourth-order valence-corrected chi connectivity index (χ4v) is 4.02. The van der Waals surface area contributed by atoms with Crippen LogP contribution in [0.2, 0.25) is 0 Å². The van der Waals surface area contributed by atoms with Gasteiger partial charge in [-0.1, -0.05) is 32.9 Å². The number of epoxide rings is 1. The van der Waals surface area contributed by atoms with E-state index >= 15 is 0 Å². The zero-order chi connectivity index (χ0) is 18.2. The molecule has 0 radical (unpaired) electrons. The van der Waals surface area contributed by atoms with Gasteiger partial charge in [-0.25, -0.2) is 8.42 Å². The van der Waals surface area contributed by atoms with Crippen molar-refractivity contribution < 1.29 is 17.9 Å². The first-order chi connectivity index (χ1) is 11.7. The second-order valence-corrected chi connectivity index (χ2v) is 9.94. The van der Waals surface area contributed by atoms with E-state index in [0.29, 0.717) is 19.0 Å². The van der Waals surface area contributed by atoms with Gasteiger partial charge in [0.1, 0.15) is 18.5 Å². The monoisotopic (exact) mass is 424 g/mol. The van der Waals surface area contributed by atoms with Crippen molar-refractivity contribution in [2.75, 3.05) is 13.2 Å². The van der Waals surface area contributed by atoms with Gasteiger partial charge in [0.25, 0.3) is 0 Å². The van der Waals surface area contributed by atoms with Gasteiger partial charge in [-0.3, -0.25) is 0 Å². The van der Waals surface area contributed by atoms with Crippen LogP contribution in [0.3, 0.4) is 0 Å². The second-order valence-electron chi connectivity index (χ2n) is 7.14. The summed E-state index contributed by atoms with van der Waals surface area (Å²) in [4.78, 5) is 0.491. The predicted molar refractivity (Wildman–Crippen MR) is 100.0 cm³/mol. The molecule has 1 unspecified atom stereocenters. The molecule has 1 fully saturated rings. The van der Waals surface area contributed by atoms with E-state index in [4.69, 9.17) is 9.47 Å². The minimum atomic E-state index is -3.60. The van der Waals surface area contributed by atoms with E-state index in [1.165, 1.54) is 0 Å². The van der Waals surface area contributed by atoms with Crippen molar-refractivity contribution in [1.82, 2.24) is 0 Å². The van der Waals surface area contributed by atoms with Crippen LogP contribution in [0.4, 0.5) is 0 Å². The van der Waals surface area contributed by atoms with E-state index in [0.717, 1.165) is 10.0 Å². The van der Waals surface area contributed by atoms with Crippen LogP contribution >= 0.6 is 15.9 Å². The summed E-state index contributed by atoms with van der Waals surface area (Å²) in [6.45, 7) is 7.40. The molecule has 0 amide bonds. The summed E-state index contributed by atoms with van der Waals surface area (Å²) in [5.41, 5.74) is 1.07. The van der Waals surface area contributed by atoms with Crippen molar-refractivity contribution in [1.29, 1.82) is 0 Å². The van der Waals surface area contributed by atoms with E-state index in [1.807, 2.05) is 12.1 Å². The van der Waals surface area contributed by atoms with Crippen molar-refractivity contribution >= 4 is 25.8 Å². The average molecular weight is 425 g/mol. The molecule has 1 saturated heterocycles. The molecule has 1 aliphatic rings. The molecular weight excluding hydrogens is 404 g/mol. The van der Waals surface area contributed by atoms with Crippen LogP contribution in [0.5, 0.6) is 5.75 Å². The molecule has 3 rings (SSSR count). The first kappa shape index (κ1) is 18.4. The molecule has 0 aromatic heterocycles. The lowest BCUT2D eigenvalue weighted by Gasteiger charge is -2.19. The topological polar surface area (TPSA) is 55.9 Å². The summed E-state index contributed by atoms with van der Waals surface area (Å²) in [5, 5.41) is 0. The van der Waals surface area contributed by atoms with Gasteiger partial charge in [0.2, 0.25) is 9.84 Å². The zero-order valence-corrected chi connectivity index (χ0v) is 16.9. The lowest BCUT2D eigenvalue weighted by atomic mass is 9.87. The summed E-state index contributed by atoms with van der Waals surface area (Å²) >= 11 is 3.39. The van der Waals surface area contributed by atoms with Gasteiger partial charge in [-0.05, 0) is 51.2 Å². The van der Waals surface area contributed by atoms with E-state index in [1.54, 1.807) is 30.3 Å². The number of hydrogen-bond donors (Lipinski definition) is 0. The summed E-state index contributed by atoms with van der Waals surface area (Å²) in [7, 11) is -3.60. The maximum Gasteiger partial charge on any atom is 0.206 e. The molecular formula is C19H21BrO4S. The second kappa shape index (κ2) is 6.74. The molecule has 4 nitrogen and oxygen atoms in total. The zero-order valence-electron chi connectivity index (χ0n) is 14.5. The smallest absolute Gasteiger partial charge is 0.206 e. The maximum absolute atomic E-state index is 12.9. The van der Waals surface area contributed by atoms with Crippen LogP contribution in [-0.2, 0) is 20.0 Å². The third-order valence-corrected chi connectivity index (χ3v) is 6.49. The Hall–Kier alpha value is -1.37. The molecule has 25 heavy (non-hydrogen) atoms. The Balaban J connectivity index is 1.89. The number of rotatable bonds is 5. The van der Waals surface area contributed by atoms with Crippen molar-refractivity contribution in [3.63, 3.8) is 0 Å². The standard InChI is InChI=1S/C19H21BrO4S/c1-19(2,3)13-4-6-15(7-5-13)25(21,22)16-8-9-17(20)18(10-16)24-12-14-11-23-14/h4-10,14H,11-12H2,1-3H3. The van der Waals surface area contributed by atoms with Gasteiger partial charge in [0.05, 0.1) is 20.9 Å². The highest BCUT2D eigenvalue weighted by Crippen LogP contribution is 2.32. The minimum absolute atomic E-state index is 0.0220. The van der Waals surface area contributed by atoms with Gasteiger partial charge in [-0.15, -0.1) is 0 Å². The highest BCUT2D eigenvalue weighted by Gasteiger charge is 2.25. The number of benzene rings is 2. The predicted octanol–water partition coefficient (Wildman–Crippen LogP) is 4.36. The maximum atomic E-state index is 12.9. The van der Waals surface area contributed by atoms with Crippen LogP contribution < -0.4 is 4.74 Å². The van der Waals surface area contributed by atoms with E-state index in [9.17, 15) is 8.42 Å². The molecule has 0 saturated carbocycles. The quantitative estimate of drug-likeness (QED) is 0.669. The number of hydrogen-bond acceptors (Lipinski definition) is 4. The Morgan fingerprint density at radius 1 is 1.12 bits per heavy atom. The highest BCUT2D eigenvalue weighted by atomic mass is 79.9. The van der Waals surface area contributed by atoms with Crippen LogP contribution in [-0.4, -0.2) is 27.7 Å². The van der Waals surface area contributed by atoms with Gasteiger partial charge in [0, 0.05) is 6.07 Å². The van der Waals surface area contributed by atoms with Gasteiger partial charge < -0.3 is 9.47 Å². The van der Waals surface area contributed by atoms with Gasteiger partial charge in [0.15, 0.2) is 0 Å². The largest absolute Gasteiger partial charge is 0.490 e. The summed E-state index contributed by atoms with van der Waals surface area (Å²) in [5.74, 6) is 0.503. The molecule has 1 atom stereocenters. The van der Waals surface area contributed by atoms with Crippen molar-refractivity contribution in [2.45, 2.75) is 42.1 Å². The lowest BCUT2D eigenvalue weighted by Crippen LogP contribution is -2.11. The molecule has 0 bridgehead atoms. The Morgan fingerprint density at radius 2 is 1.72 bits per heavy atom. The van der Waals surface area contributed by atoms with E-state index in [-0.39, 0.29) is 21.3 Å². The molecule has 2 aromatic carbocycles. The molecule has 0 N–H and O–H groups in total. The van der Waals surface area contributed by atoms with Crippen molar-refractivity contribution in [3.05, 3.63) is 52.5 Å². The number of sulfone groups is 1. The lowest BCUT2D eigenvalue weighted by molar-refractivity contribution is 0.261. The van der Waals surface area contributed by atoms with Crippen LogP contribution in [0.15, 0.2) is 56.7 Å². The highest BCUT2D eigenvalue weighted by molar-refractivity contribution is 9.10. The molecule has 2 aromatic rings. The van der Waals surface area contributed by atoms with Crippen LogP contribution in [0.1, 0.15) is 26.3 Å².